The minimum atomic E-state index is -1.46. The largest absolute Gasteiger partial charge is 0.454 e. The lowest BCUT2D eigenvalue weighted by atomic mass is 9.90. The Labute approximate surface area is 160 Å². The molecule has 146 valence electrons. The number of fused-ring (bicyclic) bond motifs is 2. The molecule has 1 unspecified atom stereocenters. The Kier molecular flexibility index (Phi) is 3.73. The predicted molar refractivity (Wildman–Crippen MR) is 98.8 cm³/mol. The van der Waals surface area contributed by atoms with Crippen LogP contribution in [0.5, 0.6) is 11.5 Å². The van der Waals surface area contributed by atoms with Crippen LogP contribution in [0.1, 0.15) is 18.7 Å². The second kappa shape index (κ2) is 6.06. The topological polar surface area (TPSA) is 125 Å². The normalized spacial score (nSPS) is 28.9. The molecule has 4 N–H and O–H groups in total. The van der Waals surface area contributed by atoms with Crippen molar-refractivity contribution in [1.29, 1.82) is 0 Å². The van der Waals surface area contributed by atoms with Crippen molar-refractivity contribution in [3.8, 4) is 11.5 Å². The van der Waals surface area contributed by atoms with Gasteiger partial charge in [0.1, 0.15) is 29.5 Å². The van der Waals surface area contributed by atoms with Gasteiger partial charge in [-0.2, -0.15) is 0 Å². The smallest absolute Gasteiger partial charge is 0.231 e. The maximum Gasteiger partial charge on any atom is 0.231 e. The zero-order chi connectivity index (χ0) is 19.5. The van der Waals surface area contributed by atoms with E-state index in [1.807, 2.05) is 18.2 Å². The summed E-state index contributed by atoms with van der Waals surface area (Å²) in [6.07, 6.45) is 0.886. The summed E-state index contributed by atoms with van der Waals surface area (Å²) in [5, 5.41) is 22.4. The minimum absolute atomic E-state index is 0.197. The van der Waals surface area contributed by atoms with E-state index in [-0.39, 0.29) is 6.79 Å². The van der Waals surface area contributed by atoms with Crippen LogP contribution in [0, 0.1) is 0 Å². The Bertz CT molecular complexity index is 1050. The number of hydrogen-bond donors (Lipinski definition) is 3. The van der Waals surface area contributed by atoms with Crippen LogP contribution in [-0.4, -0.2) is 49.4 Å². The van der Waals surface area contributed by atoms with E-state index in [0.29, 0.717) is 34.8 Å². The van der Waals surface area contributed by atoms with E-state index >= 15 is 0 Å². The highest BCUT2D eigenvalue weighted by Gasteiger charge is 2.52. The lowest BCUT2D eigenvalue weighted by molar-refractivity contribution is -0.0626. The molecule has 1 aromatic carbocycles. The average Bonchev–Trinajstić information content (AvgIpc) is 3.35. The molecule has 2 aromatic heterocycles. The third-order valence-electron chi connectivity index (χ3n) is 5.50. The van der Waals surface area contributed by atoms with Crippen molar-refractivity contribution < 1.29 is 24.4 Å². The molecule has 0 saturated carbocycles. The van der Waals surface area contributed by atoms with Crippen LogP contribution in [0.25, 0.3) is 11.0 Å². The fourth-order valence-corrected chi connectivity index (χ4v) is 3.81. The molecule has 0 amide bonds. The van der Waals surface area contributed by atoms with Gasteiger partial charge in [0.2, 0.25) is 6.79 Å². The molecule has 4 atom stereocenters. The molecule has 0 spiro atoms. The van der Waals surface area contributed by atoms with Crippen LogP contribution in [0.2, 0.25) is 0 Å². The minimum Gasteiger partial charge on any atom is -0.454 e. The average molecular weight is 384 g/mol. The number of benzene rings is 1. The molecule has 9 heteroatoms. The Morgan fingerprint density at radius 2 is 2.07 bits per heavy atom. The quantitative estimate of drug-likeness (QED) is 0.611. The Balaban J connectivity index is 1.45. The van der Waals surface area contributed by atoms with E-state index < -0.39 is 24.0 Å². The van der Waals surface area contributed by atoms with Crippen molar-refractivity contribution in [2.45, 2.75) is 37.4 Å². The van der Waals surface area contributed by atoms with E-state index in [9.17, 15) is 10.2 Å². The van der Waals surface area contributed by atoms with Crippen LogP contribution in [0.4, 0.5) is 5.82 Å². The summed E-state index contributed by atoms with van der Waals surface area (Å²) in [7, 11) is 0. The first-order chi connectivity index (χ1) is 13.4. The van der Waals surface area contributed by atoms with Gasteiger partial charge in [-0.15, -0.1) is 0 Å². The van der Waals surface area contributed by atoms with Crippen molar-refractivity contribution in [2.75, 3.05) is 12.5 Å². The molecule has 0 bridgehead atoms. The van der Waals surface area contributed by atoms with Gasteiger partial charge in [-0.05, 0) is 30.7 Å². The maximum absolute atomic E-state index is 11.0. The van der Waals surface area contributed by atoms with Crippen LogP contribution >= 0.6 is 0 Å². The zero-order valence-corrected chi connectivity index (χ0v) is 15.1. The molecular weight excluding hydrogens is 364 g/mol. The Morgan fingerprint density at radius 3 is 2.93 bits per heavy atom. The Morgan fingerprint density at radius 1 is 1.25 bits per heavy atom. The highest BCUT2D eigenvalue weighted by molar-refractivity contribution is 5.86. The van der Waals surface area contributed by atoms with Gasteiger partial charge in [-0.1, -0.05) is 6.07 Å². The van der Waals surface area contributed by atoms with Crippen LogP contribution in [0.15, 0.2) is 36.8 Å². The van der Waals surface area contributed by atoms with E-state index in [1.54, 1.807) is 23.8 Å². The summed E-state index contributed by atoms with van der Waals surface area (Å²) in [5.74, 6) is 1.70. The van der Waals surface area contributed by atoms with Gasteiger partial charge in [0, 0.05) is 12.6 Å². The fraction of sp³-hybridized carbons (Fsp3) is 0.368. The molecule has 3 aromatic rings. The molecule has 5 rings (SSSR count). The zero-order valence-electron chi connectivity index (χ0n) is 15.1. The highest BCUT2D eigenvalue weighted by atomic mass is 16.7. The van der Waals surface area contributed by atoms with Gasteiger partial charge >= 0.3 is 0 Å². The van der Waals surface area contributed by atoms with E-state index in [1.165, 1.54) is 6.33 Å². The summed E-state index contributed by atoms with van der Waals surface area (Å²) < 4.78 is 18.5. The number of hydrogen-bond acceptors (Lipinski definition) is 8. The molecule has 28 heavy (non-hydrogen) atoms. The summed E-state index contributed by atoms with van der Waals surface area (Å²) in [4.78, 5) is 8.22. The SMILES string of the molecule is C[C@@]1(O)[C@@H](Cc2ccc3c(c2)OCO3)OC(n2ccc3c(N)ncnc32)[C@@H]1O. The van der Waals surface area contributed by atoms with Crippen molar-refractivity contribution in [2.24, 2.45) is 0 Å². The number of ether oxygens (including phenoxy) is 3. The van der Waals surface area contributed by atoms with Gasteiger partial charge in [-0.25, -0.2) is 9.97 Å². The molecule has 0 radical (unpaired) electrons. The molecule has 1 saturated heterocycles. The maximum atomic E-state index is 11.0. The highest BCUT2D eigenvalue weighted by Crippen LogP contribution is 2.41. The van der Waals surface area contributed by atoms with E-state index in [4.69, 9.17) is 19.9 Å². The van der Waals surface area contributed by atoms with Gasteiger partial charge < -0.3 is 34.7 Å². The molecule has 2 aliphatic rings. The predicted octanol–water partition coefficient (Wildman–Crippen LogP) is 0.994. The number of aromatic nitrogens is 3. The van der Waals surface area contributed by atoms with Gasteiger partial charge in [-0.3, -0.25) is 0 Å². The first-order valence-corrected chi connectivity index (χ1v) is 8.96. The lowest BCUT2D eigenvalue weighted by Crippen LogP contribution is -2.45. The molecule has 1 fully saturated rings. The number of nitrogens with two attached hydrogens (primary N) is 1. The summed E-state index contributed by atoms with van der Waals surface area (Å²) >= 11 is 0. The number of aliphatic hydroxyl groups is 2. The Hall–Kier alpha value is -2.88. The molecule has 9 nitrogen and oxygen atoms in total. The van der Waals surface area contributed by atoms with E-state index in [0.717, 1.165) is 5.56 Å². The van der Waals surface area contributed by atoms with Gasteiger partial charge in [0.15, 0.2) is 17.7 Å². The first kappa shape index (κ1) is 17.2. The summed E-state index contributed by atoms with van der Waals surface area (Å²) in [6, 6.07) is 7.35. The molecular formula is C19H20N4O5. The second-order valence-corrected chi connectivity index (χ2v) is 7.30. The van der Waals surface area contributed by atoms with Gasteiger partial charge in [0.25, 0.3) is 0 Å². The van der Waals surface area contributed by atoms with Crippen molar-refractivity contribution in [3.63, 3.8) is 0 Å². The van der Waals surface area contributed by atoms with Crippen LogP contribution in [0.3, 0.4) is 0 Å². The monoisotopic (exact) mass is 384 g/mol. The number of aliphatic hydroxyl groups excluding tert-OH is 1. The number of nitrogen functional groups attached to an aromatic ring is 1. The molecule has 4 heterocycles. The van der Waals surface area contributed by atoms with E-state index in [2.05, 4.69) is 9.97 Å². The van der Waals surface area contributed by atoms with Crippen molar-refractivity contribution in [3.05, 3.63) is 42.4 Å². The lowest BCUT2D eigenvalue weighted by Gasteiger charge is -2.26. The summed E-state index contributed by atoms with van der Waals surface area (Å²) in [6.45, 7) is 1.77. The van der Waals surface area contributed by atoms with Crippen LogP contribution < -0.4 is 15.2 Å². The second-order valence-electron chi connectivity index (χ2n) is 7.30. The number of nitrogens with zero attached hydrogens (tertiary/aromatic N) is 3. The molecule has 0 aliphatic carbocycles. The van der Waals surface area contributed by atoms with Crippen LogP contribution in [-0.2, 0) is 11.2 Å². The third kappa shape index (κ3) is 2.51. The van der Waals surface area contributed by atoms with Gasteiger partial charge in [0.05, 0.1) is 11.5 Å². The molecule has 2 aliphatic heterocycles. The standard InChI is InChI=1S/C19H20N4O5/c1-19(25)14(7-10-2-3-12-13(6-10)27-9-26-12)28-18(15(19)24)23-5-4-11-16(20)21-8-22-17(11)23/h2-6,8,14-15,18,24-25H,7,9H2,1H3,(H2,20,21,22)/t14-,15+,18?,19-/m1/s1. The first-order valence-electron chi connectivity index (χ1n) is 8.96. The number of anilines is 1. The fourth-order valence-electron chi connectivity index (χ4n) is 3.81. The van der Waals surface area contributed by atoms with Crippen molar-refractivity contribution >= 4 is 16.9 Å². The van der Waals surface area contributed by atoms with Crippen molar-refractivity contribution in [1.82, 2.24) is 14.5 Å². The third-order valence-corrected chi connectivity index (χ3v) is 5.50. The number of rotatable bonds is 3. The summed E-state index contributed by atoms with van der Waals surface area (Å²) in [5.41, 5.74) is 5.88.